The number of rotatable bonds is 3. The number of aromatic carboxylic acids is 1. The molecule has 0 unspecified atom stereocenters. The topological polar surface area (TPSA) is 96.9 Å². The van der Waals surface area contributed by atoms with Crippen LogP contribution in [0.3, 0.4) is 0 Å². The van der Waals surface area contributed by atoms with Crippen molar-refractivity contribution in [2.75, 3.05) is 0 Å². The van der Waals surface area contributed by atoms with Crippen molar-refractivity contribution in [3.05, 3.63) is 54.1 Å². The molecule has 4 rings (SSSR count). The van der Waals surface area contributed by atoms with Gasteiger partial charge in [-0.25, -0.2) is 9.78 Å². The Hall–Kier alpha value is -3.00. The number of fused-ring (bicyclic) bond motifs is 3. The van der Waals surface area contributed by atoms with Crippen LogP contribution in [0.4, 0.5) is 5.69 Å². The molecule has 0 saturated heterocycles. The van der Waals surface area contributed by atoms with Crippen molar-refractivity contribution in [1.29, 1.82) is 0 Å². The van der Waals surface area contributed by atoms with Crippen LogP contribution >= 0.6 is 11.8 Å². The zero-order chi connectivity index (χ0) is 16.7. The lowest BCUT2D eigenvalue weighted by atomic mass is 10.2. The average molecular weight is 338 g/mol. The maximum absolute atomic E-state index is 12.5. The second-order valence-corrected chi connectivity index (χ2v) is 6.14. The number of carboxylic acids is 1. The van der Waals surface area contributed by atoms with Crippen LogP contribution in [-0.4, -0.2) is 31.9 Å². The third-order valence-corrected chi connectivity index (χ3v) is 4.57. The van der Waals surface area contributed by atoms with Gasteiger partial charge >= 0.3 is 5.97 Å². The lowest BCUT2D eigenvalue weighted by Gasteiger charge is -2.00. The van der Waals surface area contributed by atoms with Crippen molar-refractivity contribution >= 4 is 40.4 Å². The molecule has 0 amide bonds. The Morgan fingerprint density at radius 3 is 2.67 bits per heavy atom. The Labute approximate surface area is 140 Å². The lowest BCUT2D eigenvalue weighted by Crippen LogP contribution is -2.14. The number of nitrogens with zero attached hydrogens (tertiary/aromatic N) is 4. The standard InChI is InChI=1S/C16H10N4O3S/c21-14-13(19-18-10-7-5-9(6-8-10)15(22)23)24-16-17-11-3-1-2-4-12(11)20(14)16/h1-8,13H,(H,22,23)/t13-/m0/s1. The SMILES string of the molecule is O=C(O)c1ccc(N=N[C@H]2Sc3nc4ccccc4n3C2=O)cc1. The van der Waals surface area contributed by atoms with Gasteiger partial charge in [-0.1, -0.05) is 12.1 Å². The molecule has 0 saturated carbocycles. The van der Waals surface area contributed by atoms with Gasteiger partial charge in [-0.2, -0.15) is 10.2 Å². The summed E-state index contributed by atoms with van der Waals surface area (Å²) in [5.41, 5.74) is 2.19. The van der Waals surface area contributed by atoms with E-state index in [0.29, 0.717) is 10.8 Å². The monoisotopic (exact) mass is 338 g/mol. The van der Waals surface area contributed by atoms with E-state index >= 15 is 0 Å². The molecule has 1 atom stereocenters. The molecule has 0 aliphatic carbocycles. The number of thioether (sulfide) groups is 1. The number of aromatic nitrogens is 2. The smallest absolute Gasteiger partial charge is 0.335 e. The first-order valence-electron chi connectivity index (χ1n) is 7.06. The van der Waals surface area contributed by atoms with Gasteiger partial charge in [-0.3, -0.25) is 9.36 Å². The molecule has 118 valence electrons. The summed E-state index contributed by atoms with van der Waals surface area (Å²) in [5.74, 6) is -1.19. The molecule has 0 bridgehead atoms. The van der Waals surface area contributed by atoms with E-state index in [9.17, 15) is 9.59 Å². The lowest BCUT2D eigenvalue weighted by molar-refractivity contribution is 0.0696. The number of hydrogen-bond donors (Lipinski definition) is 1. The van der Waals surface area contributed by atoms with Gasteiger partial charge in [0.15, 0.2) is 5.16 Å². The van der Waals surface area contributed by atoms with Crippen LogP contribution in [0, 0.1) is 0 Å². The van der Waals surface area contributed by atoms with Crippen molar-refractivity contribution < 1.29 is 14.7 Å². The van der Waals surface area contributed by atoms with E-state index in [1.165, 1.54) is 23.9 Å². The second kappa shape index (κ2) is 5.57. The number of carboxylic acid groups (broad SMARTS) is 1. The fraction of sp³-hybridized carbons (Fsp3) is 0.0625. The van der Waals surface area contributed by atoms with Crippen molar-refractivity contribution in [3.63, 3.8) is 0 Å². The number of imidazole rings is 1. The molecule has 2 aromatic carbocycles. The second-order valence-electron chi connectivity index (χ2n) is 5.09. The normalized spacial score (nSPS) is 16.8. The van der Waals surface area contributed by atoms with Crippen LogP contribution < -0.4 is 0 Å². The quantitative estimate of drug-likeness (QED) is 0.736. The molecule has 1 aliphatic heterocycles. The molecule has 0 fully saturated rings. The fourth-order valence-electron chi connectivity index (χ4n) is 2.42. The van der Waals surface area contributed by atoms with Crippen LogP contribution in [0.5, 0.6) is 0 Å². The molecule has 8 heteroatoms. The van der Waals surface area contributed by atoms with E-state index < -0.39 is 11.3 Å². The minimum Gasteiger partial charge on any atom is -0.478 e. The van der Waals surface area contributed by atoms with Gasteiger partial charge in [-0.15, -0.1) is 0 Å². The summed E-state index contributed by atoms with van der Waals surface area (Å²) < 4.78 is 1.55. The van der Waals surface area contributed by atoms with Gasteiger partial charge in [0, 0.05) is 0 Å². The molecule has 7 nitrogen and oxygen atoms in total. The summed E-state index contributed by atoms with van der Waals surface area (Å²) in [5, 5.41) is 16.9. The molecule has 1 aliphatic rings. The maximum Gasteiger partial charge on any atom is 0.335 e. The first-order chi connectivity index (χ1) is 11.6. The molecule has 1 N–H and O–H groups in total. The van der Waals surface area contributed by atoms with Gasteiger partial charge in [0.2, 0.25) is 5.37 Å². The first kappa shape index (κ1) is 14.6. The Morgan fingerprint density at radius 1 is 1.17 bits per heavy atom. The molecule has 1 aromatic heterocycles. The highest BCUT2D eigenvalue weighted by atomic mass is 32.2. The van der Waals surface area contributed by atoms with Crippen molar-refractivity contribution in [2.24, 2.45) is 10.2 Å². The molecule has 3 aromatic rings. The van der Waals surface area contributed by atoms with E-state index in [1.54, 1.807) is 16.7 Å². The Balaban J connectivity index is 1.58. The fourth-order valence-corrected chi connectivity index (χ4v) is 3.36. The van der Waals surface area contributed by atoms with Gasteiger partial charge in [0.25, 0.3) is 5.91 Å². The zero-order valence-electron chi connectivity index (χ0n) is 12.2. The summed E-state index contributed by atoms with van der Waals surface area (Å²) in [6, 6.07) is 13.4. The van der Waals surface area contributed by atoms with Crippen LogP contribution in [0.15, 0.2) is 63.9 Å². The number of benzene rings is 2. The van der Waals surface area contributed by atoms with Crippen LogP contribution in [-0.2, 0) is 0 Å². The van der Waals surface area contributed by atoms with E-state index in [2.05, 4.69) is 15.2 Å². The molecule has 2 heterocycles. The molecular formula is C16H10N4O3S. The van der Waals surface area contributed by atoms with E-state index in [1.807, 2.05) is 24.3 Å². The number of azo groups is 1. The van der Waals surface area contributed by atoms with Gasteiger partial charge in [-0.05, 0) is 48.2 Å². The third-order valence-electron chi connectivity index (χ3n) is 3.57. The molecule has 0 spiro atoms. The van der Waals surface area contributed by atoms with Gasteiger partial charge < -0.3 is 5.11 Å². The third kappa shape index (κ3) is 2.37. The number of para-hydroxylation sites is 2. The summed E-state index contributed by atoms with van der Waals surface area (Å²) in [6.07, 6.45) is 0. The highest BCUT2D eigenvalue weighted by Crippen LogP contribution is 2.36. The minimum absolute atomic E-state index is 0.173. The number of carbonyl (C=O) groups is 2. The van der Waals surface area contributed by atoms with Gasteiger partial charge in [0.05, 0.1) is 22.3 Å². The van der Waals surface area contributed by atoms with Crippen LogP contribution in [0.1, 0.15) is 15.2 Å². The predicted octanol–water partition coefficient (Wildman–Crippen LogP) is 3.59. The Morgan fingerprint density at radius 2 is 1.92 bits per heavy atom. The van der Waals surface area contributed by atoms with Crippen molar-refractivity contribution in [3.8, 4) is 0 Å². The zero-order valence-corrected chi connectivity index (χ0v) is 13.0. The molecule has 24 heavy (non-hydrogen) atoms. The van der Waals surface area contributed by atoms with E-state index in [4.69, 9.17) is 5.11 Å². The van der Waals surface area contributed by atoms with E-state index in [-0.39, 0.29) is 11.5 Å². The average Bonchev–Trinajstić information content (AvgIpc) is 3.10. The largest absolute Gasteiger partial charge is 0.478 e. The first-order valence-corrected chi connectivity index (χ1v) is 7.94. The molecular weight excluding hydrogens is 328 g/mol. The van der Waals surface area contributed by atoms with Crippen molar-refractivity contribution in [1.82, 2.24) is 9.55 Å². The van der Waals surface area contributed by atoms with Gasteiger partial charge in [0.1, 0.15) is 0 Å². The summed E-state index contributed by atoms with van der Waals surface area (Å²) in [4.78, 5) is 27.7. The highest BCUT2D eigenvalue weighted by Gasteiger charge is 2.34. The summed E-state index contributed by atoms with van der Waals surface area (Å²) >= 11 is 1.25. The summed E-state index contributed by atoms with van der Waals surface area (Å²) in [7, 11) is 0. The Kier molecular flexibility index (Phi) is 3.39. The Bertz CT molecular complexity index is 994. The summed E-state index contributed by atoms with van der Waals surface area (Å²) in [6.45, 7) is 0. The van der Waals surface area contributed by atoms with Crippen molar-refractivity contribution in [2.45, 2.75) is 10.5 Å². The maximum atomic E-state index is 12.5. The van der Waals surface area contributed by atoms with E-state index in [0.717, 1.165) is 11.0 Å². The highest BCUT2D eigenvalue weighted by molar-refractivity contribution is 8.00. The number of carbonyl (C=O) groups excluding carboxylic acids is 1. The molecule has 0 radical (unpaired) electrons. The minimum atomic E-state index is -1.00. The van der Waals surface area contributed by atoms with Crippen LogP contribution in [0.25, 0.3) is 11.0 Å². The van der Waals surface area contributed by atoms with Crippen LogP contribution in [0.2, 0.25) is 0 Å². The predicted molar refractivity (Wildman–Crippen MR) is 87.9 cm³/mol. The number of hydrogen-bond acceptors (Lipinski definition) is 6.